The van der Waals surface area contributed by atoms with Crippen molar-refractivity contribution >= 4 is 40.2 Å². The number of pyridine rings is 1. The van der Waals surface area contributed by atoms with E-state index in [0.717, 1.165) is 16.6 Å². The predicted molar refractivity (Wildman–Crippen MR) is 84.6 cm³/mol. The molecule has 3 N–H and O–H groups in total. The van der Waals surface area contributed by atoms with Crippen LogP contribution in [0.25, 0.3) is 22.7 Å². The summed E-state index contributed by atoms with van der Waals surface area (Å²) in [5.41, 5.74) is 8.08. The minimum absolute atomic E-state index is 0.366. The molecule has 0 aliphatic carbocycles. The third kappa shape index (κ3) is 2.53. The van der Waals surface area contributed by atoms with E-state index < -0.39 is 5.91 Å². The summed E-state index contributed by atoms with van der Waals surface area (Å²) in [6, 6.07) is 10.9. The Bertz CT molecular complexity index is 851. The second kappa shape index (κ2) is 5.42. The number of aromatic nitrogens is 2. The Labute approximate surface area is 126 Å². The number of carbonyl (C=O) groups is 1. The van der Waals surface area contributed by atoms with Gasteiger partial charge in [0.15, 0.2) is 0 Å². The molecule has 0 saturated heterocycles. The van der Waals surface area contributed by atoms with Crippen LogP contribution in [0, 0.1) is 0 Å². The van der Waals surface area contributed by atoms with Crippen molar-refractivity contribution in [2.75, 3.05) is 0 Å². The lowest BCUT2D eigenvalue weighted by molar-refractivity contribution is -0.112. The maximum Gasteiger partial charge on any atom is 0.249 e. The highest BCUT2D eigenvalue weighted by molar-refractivity contribution is 6.36. The summed E-state index contributed by atoms with van der Waals surface area (Å²) in [4.78, 5) is 19.1. The molecule has 0 unspecified atom stereocenters. The first kappa shape index (κ1) is 13.4. The Morgan fingerprint density at radius 2 is 2.05 bits per heavy atom. The number of nitrogens with two attached hydrogens (primary N) is 1. The second-order valence-corrected chi connectivity index (χ2v) is 4.95. The standard InChI is InChI=1S/C16H12ClN3O/c17-14-6-2-1-4-12(14)13(15(18)21)8-10-9-20-16-11(10)5-3-7-19-16/h1-9H,(H2,18,21)(H,19,20)/b13-8-. The highest BCUT2D eigenvalue weighted by Crippen LogP contribution is 2.27. The van der Waals surface area contributed by atoms with Crippen molar-refractivity contribution < 1.29 is 4.79 Å². The molecule has 2 heterocycles. The smallest absolute Gasteiger partial charge is 0.249 e. The average Bonchev–Trinajstić information content (AvgIpc) is 2.89. The van der Waals surface area contributed by atoms with Crippen LogP contribution in [-0.2, 0) is 4.79 Å². The van der Waals surface area contributed by atoms with Crippen molar-refractivity contribution in [3.05, 3.63) is 64.9 Å². The number of aromatic amines is 1. The van der Waals surface area contributed by atoms with Gasteiger partial charge in [-0.1, -0.05) is 29.8 Å². The summed E-state index contributed by atoms with van der Waals surface area (Å²) < 4.78 is 0. The highest BCUT2D eigenvalue weighted by Gasteiger charge is 2.13. The molecule has 2 aromatic heterocycles. The summed E-state index contributed by atoms with van der Waals surface area (Å²) in [5.74, 6) is -0.527. The van der Waals surface area contributed by atoms with Crippen molar-refractivity contribution in [2.45, 2.75) is 0 Å². The number of hydrogen-bond acceptors (Lipinski definition) is 2. The van der Waals surface area contributed by atoms with Gasteiger partial charge in [-0.2, -0.15) is 0 Å². The predicted octanol–water partition coefficient (Wildman–Crippen LogP) is 3.24. The molecule has 3 rings (SSSR count). The molecule has 0 radical (unpaired) electrons. The molecule has 0 saturated carbocycles. The number of H-pyrrole nitrogens is 1. The maximum absolute atomic E-state index is 11.8. The van der Waals surface area contributed by atoms with E-state index in [9.17, 15) is 4.79 Å². The number of rotatable bonds is 3. The van der Waals surface area contributed by atoms with Crippen LogP contribution in [0.5, 0.6) is 0 Å². The summed E-state index contributed by atoms with van der Waals surface area (Å²) in [6.07, 6.45) is 5.22. The van der Waals surface area contributed by atoms with Crippen LogP contribution >= 0.6 is 11.6 Å². The molecule has 5 heteroatoms. The first-order valence-electron chi connectivity index (χ1n) is 6.35. The van der Waals surface area contributed by atoms with E-state index in [1.807, 2.05) is 18.2 Å². The Hall–Kier alpha value is -2.59. The molecule has 1 aromatic carbocycles. The fourth-order valence-electron chi connectivity index (χ4n) is 2.21. The van der Waals surface area contributed by atoms with Crippen LogP contribution < -0.4 is 5.73 Å². The average molecular weight is 298 g/mol. The van der Waals surface area contributed by atoms with Gasteiger partial charge >= 0.3 is 0 Å². The maximum atomic E-state index is 11.8. The second-order valence-electron chi connectivity index (χ2n) is 4.55. The van der Waals surface area contributed by atoms with Crippen molar-refractivity contribution in [1.82, 2.24) is 9.97 Å². The van der Waals surface area contributed by atoms with E-state index in [4.69, 9.17) is 17.3 Å². The number of benzene rings is 1. The SMILES string of the molecule is NC(=O)/C(=C\c1c[nH]c2ncccc12)c1ccccc1Cl. The molecule has 0 aliphatic rings. The number of halogens is 1. The van der Waals surface area contributed by atoms with Gasteiger partial charge in [-0.3, -0.25) is 4.79 Å². The zero-order valence-electron chi connectivity index (χ0n) is 11.0. The van der Waals surface area contributed by atoms with Crippen LogP contribution in [0.2, 0.25) is 5.02 Å². The van der Waals surface area contributed by atoms with E-state index in [1.54, 1.807) is 36.7 Å². The van der Waals surface area contributed by atoms with Crippen molar-refractivity contribution in [2.24, 2.45) is 5.73 Å². The molecule has 0 fully saturated rings. The van der Waals surface area contributed by atoms with Crippen LogP contribution in [-0.4, -0.2) is 15.9 Å². The first-order chi connectivity index (χ1) is 10.2. The van der Waals surface area contributed by atoms with Gasteiger partial charge in [0.2, 0.25) is 5.91 Å². The summed E-state index contributed by atoms with van der Waals surface area (Å²) in [7, 11) is 0. The molecular weight excluding hydrogens is 286 g/mol. The summed E-state index contributed by atoms with van der Waals surface area (Å²) in [6.45, 7) is 0. The molecule has 3 aromatic rings. The third-order valence-electron chi connectivity index (χ3n) is 3.21. The lowest BCUT2D eigenvalue weighted by atomic mass is 10.0. The minimum Gasteiger partial charge on any atom is -0.366 e. The normalized spacial score (nSPS) is 11.8. The van der Waals surface area contributed by atoms with Crippen molar-refractivity contribution in [3.63, 3.8) is 0 Å². The fourth-order valence-corrected chi connectivity index (χ4v) is 2.45. The molecule has 0 spiro atoms. The zero-order chi connectivity index (χ0) is 14.8. The topological polar surface area (TPSA) is 71.8 Å². The van der Waals surface area contributed by atoms with Crippen molar-refractivity contribution in [3.8, 4) is 0 Å². The number of amides is 1. The molecule has 4 nitrogen and oxygen atoms in total. The quantitative estimate of drug-likeness (QED) is 0.728. The minimum atomic E-state index is -0.527. The Balaban J connectivity index is 2.18. The summed E-state index contributed by atoms with van der Waals surface area (Å²) in [5, 5.41) is 1.41. The van der Waals surface area contributed by atoms with E-state index in [0.29, 0.717) is 16.2 Å². The molecule has 104 valence electrons. The highest BCUT2D eigenvalue weighted by atomic mass is 35.5. The van der Waals surface area contributed by atoms with Crippen LogP contribution in [0.15, 0.2) is 48.8 Å². The Morgan fingerprint density at radius 3 is 2.81 bits per heavy atom. The van der Waals surface area contributed by atoms with Gasteiger partial charge < -0.3 is 10.7 Å². The first-order valence-corrected chi connectivity index (χ1v) is 6.73. The van der Waals surface area contributed by atoms with Gasteiger partial charge in [0.25, 0.3) is 0 Å². The Kier molecular flexibility index (Phi) is 3.46. The van der Waals surface area contributed by atoms with E-state index >= 15 is 0 Å². The molecule has 1 amide bonds. The fraction of sp³-hybridized carbons (Fsp3) is 0. The molecular formula is C16H12ClN3O. The van der Waals surface area contributed by atoms with Gasteiger partial charge in [0.05, 0.1) is 0 Å². The largest absolute Gasteiger partial charge is 0.366 e. The van der Waals surface area contributed by atoms with E-state index in [-0.39, 0.29) is 0 Å². The zero-order valence-corrected chi connectivity index (χ0v) is 11.8. The van der Waals surface area contributed by atoms with Gasteiger partial charge in [0, 0.05) is 39.5 Å². The van der Waals surface area contributed by atoms with Gasteiger partial charge in [-0.15, -0.1) is 0 Å². The Morgan fingerprint density at radius 1 is 1.24 bits per heavy atom. The number of carbonyl (C=O) groups excluding carboxylic acids is 1. The monoisotopic (exact) mass is 297 g/mol. The summed E-state index contributed by atoms with van der Waals surface area (Å²) >= 11 is 6.15. The van der Waals surface area contributed by atoms with E-state index in [2.05, 4.69) is 9.97 Å². The molecule has 0 aliphatic heterocycles. The van der Waals surface area contributed by atoms with Crippen LogP contribution in [0.4, 0.5) is 0 Å². The number of nitrogens with zero attached hydrogens (tertiary/aromatic N) is 1. The van der Waals surface area contributed by atoms with Crippen LogP contribution in [0.3, 0.4) is 0 Å². The number of hydrogen-bond donors (Lipinski definition) is 2. The number of nitrogens with one attached hydrogen (secondary N) is 1. The van der Waals surface area contributed by atoms with Crippen LogP contribution in [0.1, 0.15) is 11.1 Å². The number of primary amides is 1. The van der Waals surface area contributed by atoms with Gasteiger partial charge in [-0.25, -0.2) is 4.98 Å². The van der Waals surface area contributed by atoms with Crippen molar-refractivity contribution in [1.29, 1.82) is 0 Å². The lowest BCUT2D eigenvalue weighted by Crippen LogP contribution is -2.13. The van der Waals surface area contributed by atoms with Gasteiger partial charge in [0.1, 0.15) is 5.65 Å². The third-order valence-corrected chi connectivity index (χ3v) is 3.54. The van der Waals surface area contributed by atoms with E-state index in [1.165, 1.54) is 0 Å². The van der Waals surface area contributed by atoms with Gasteiger partial charge in [-0.05, 0) is 24.3 Å². The number of fused-ring (bicyclic) bond motifs is 1. The molecule has 0 atom stereocenters. The lowest BCUT2D eigenvalue weighted by Gasteiger charge is -2.06. The molecule has 21 heavy (non-hydrogen) atoms. The molecule has 0 bridgehead atoms.